The first-order valence-electron chi connectivity index (χ1n) is 8.41. The summed E-state index contributed by atoms with van der Waals surface area (Å²) in [6, 6.07) is 0.179. The van der Waals surface area contributed by atoms with Crippen LogP contribution in [0.2, 0.25) is 0 Å². The number of anilines is 1. The van der Waals surface area contributed by atoms with Gasteiger partial charge in [-0.1, -0.05) is 33.1 Å². The number of aromatic nitrogens is 1. The number of thiazole rings is 1. The van der Waals surface area contributed by atoms with Crippen molar-refractivity contribution in [1.82, 2.24) is 4.98 Å². The lowest BCUT2D eigenvalue weighted by Crippen LogP contribution is -2.29. The average molecular weight is 308 g/mol. The molecule has 2 N–H and O–H groups in total. The molecule has 3 rings (SSSR count). The Morgan fingerprint density at radius 2 is 2.00 bits per heavy atom. The molecule has 21 heavy (non-hydrogen) atoms. The highest BCUT2D eigenvalue weighted by atomic mass is 32.1. The molecule has 0 bridgehead atoms. The van der Waals surface area contributed by atoms with Crippen molar-refractivity contribution in [3.05, 3.63) is 10.6 Å². The number of hydrogen-bond donors (Lipinski definition) is 1. The van der Waals surface area contributed by atoms with Crippen molar-refractivity contribution in [2.75, 3.05) is 18.5 Å². The number of fused-ring (bicyclic) bond motifs is 1. The topological polar surface area (TPSA) is 42.2 Å². The van der Waals surface area contributed by atoms with Crippen LogP contribution in [-0.4, -0.2) is 18.6 Å². The third-order valence-electron chi connectivity index (χ3n) is 5.05. The minimum Gasteiger partial charge on any atom is -0.351 e. The van der Waals surface area contributed by atoms with Gasteiger partial charge >= 0.3 is 0 Å². The molecule has 1 saturated carbocycles. The Morgan fingerprint density at radius 1 is 1.29 bits per heavy atom. The molecule has 0 radical (unpaired) electrons. The zero-order valence-electron chi connectivity index (χ0n) is 13.7. The summed E-state index contributed by atoms with van der Waals surface area (Å²) < 4.78 is 0. The molecule has 2 aliphatic carbocycles. The summed E-state index contributed by atoms with van der Waals surface area (Å²) in [5.41, 5.74) is 7.92. The summed E-state index contributed by atoms with van der Waals surface area (Å²) in [5, 5.41) is 1.18. The summed E-state index contributed by atoms with van der Waals surface area (Å²) in [6.07, 6.45) is 9.18. The normalized spacial score (nSPS) is 25.6. The van der Waals surface area contributed by atoms with Gasteiger partial charge in [0.2, 0.25) is 0 Å². The number of hydrogen-bond acceptors (Lipinski definition) is 4. The molecular formula is C17H29N3S. The monoisotopic (exact) mass is 307 g/mol. The SMILES string of the molecule is CN(CC1CCCCC1)c1nc2c(s1)C(N)CC(C)(C)C2. The molecule has 1 fully saturated rings. The first-order valence-corrected chi connectivity index (χ1v) is 9.22. The highest BCUT2D eigenvalue weighted by Crippen LogP contribution is 2.43. The molecule has 1 aromatic rings. The second kappa shape index (κ2) is 5.88. The molecule has 3 nitrogen and oxygen atoms in total. The molecule has 1 aromatic heterocycles. The van der Waals surface area contributed by atoms with E-state index in [2.05, 4.69) is 25.8 Å². The van der Waals surface area contributed by atoms with E-state index in [4.69, 9.17) is 10.7 Å². The van der Waals surface area contributed by atoms with Crippen molar-refractivity contribution in [2.45, 2.75) is 64.8 Å². The molecule has 1 unspecified atom stereocenters. The van der Waals surface area contributed by atoms with E-state index in [1.807, 2.05) is 11.3 Å². The van der Waals surface area contributed by atoms with E-state index in [-0.39, 0.29) is 6.04 Å². The highest BCUT2D eigenvalue weighted by Gasteiger charge is 2.33. The minimum absolute atomic E-state index is 0.179. The van der Waals surface area contributed by atoms with Crippen molar-refractivity contribution in [3.63, 3.8) is 0 Å². The van der Waals surface area contributed by atoms with E-state index >= 15 is 0 Å². The lowest BCUT2D eigenvalue weighted by molar-refractivity contribution is 0.282. The average Bonchev–Trinajstić information content (AvgIpc) is 2.82. The third kappa shape index (κ3) is 3.42. The zero-order chi connectivity index (χ0) is 15.0. The molecule has 2 aliphatic rings. The summed E-state index contributed by atoms with van der Waals surface area (Å²) in [7, 11) is 2.20. The Labute approximate surface area is 132 Å². The lowest BCUT2D eigenvalue weighted by atomic mass is 9.77. The fraction of sp³-hybridized carbons (Fsp3) is 0.824. The molecule has 118 valence electrons. The van der Waals surface area contributed by atoms with Gasteiger partial charge in [-0.3, -0.25) is 0 Å². The fourth-order valence-corrected chi connectivity index (χ4v) is 5.03. The third-order valence-corrected chi connectivity index (χ3v) is 6.40. The number of nitrogens with two attached hydrogens (primary N) is 1. The van der Waals surface area contributed by atoms with Gasteiger partial charge in [0.15, 0.2) is 5.13 Å². The Bertz CT molecular complexity index is 488. The first-order chi connectivity index (χ1) is 9.94. The van der Waals surface area contributed by atoms with Gasteiger partial charge in [-0.15, -0.1) is 11.3 Å². The largest absolute Gasteiger partial charge is 0.351 e. The van der Waals surface area contributed by atoms with Crippen molar-refractivity contribution < 1.29 is 0 Å². The summed E-state index contributed by atoms with van der Waals surface area (Å²) in [4.78, 5) is 8.63. The quantitative estimate of drug-likeness (QED) is 0.913. The van der Waals surface area contributed by atoms with Crippen LogP contribution in [0.3, 0.4) is 0 Å². The molecule has 4 heteroatoms. The second-order valence-corrected chi connectivity index (χ2v) is 8.85. The Kier molecular flexibility index (Phi) is 4.28. The Balaban J connectivity index is 1.71. The van der Waals surface area contributed by atoms with Crippen LogP contribution in [0.5, 0.6) is 0 Å². The lowest BCUT2D eigenvalue weighted by Gasteiger charge is -2.32. The molecule has 0 amide bonds. The van der Waals surface area contributed by atoms with Crippen molar-refractivity contribution in [2.24, 2.45) is 17.1 Å². The van der Waals surface area contributed by atoms with Crippen LogP contribution < -0.4 is 10.6 Å². The van der Waals surface area contributed by atoms with Crippen LogP contribution in [0.25, 0.3) is 0 Å². The number of nitrogens with zero attached hydrogens (tertiary/aromatic N) is 2. The molecule has 1 atom stereocenters. The van der Waals surface area contributed by atoms with Gasteiger partial charge < -0.3 is 10.6 Å². The van der Waals surface area contributed by atoms with E-state index in [9.17, 15) is 0 Å². The Morgan fingerprint density at radius 3 is 2.71 bits per heavy atom. The van der Waals surface area contributed by atoms with Crippen LogP contribution in [-0.2, 0) is 6.42 Å². The predicted octanol–water partition coefficient (Wildman–Crippen LogP) is 4.13. The van der Waals surface area contributed by atoms with E-state index < -0.39 is 0 Å². The zero-order valence-corrected chi connectivity index (χ0v) is 14.5. The summed E-state index contributed by atoms with van der Waals surface area (Å²) in [5.74, 6) is 0.856. The van der Waals surface area contributed by atoms with Crippen LogP contribution in [0, 0.1) is 11.3 Å². The first kappa shape index (κ1) is 15.3. The van der Waals surface area contributed by atoms with E-state index in [0.717, 1.165) is 25.3 Å². The van der Waals surface area contributed by atoms with Crippen LogP contribution >= 0.6 is 11.3 Å². The standard InChI is InChI=1S/C17H29N3S/c1-17(2)9-13(18)15-14(10-17)19-16(21-15)20(3)11-12-7-5-4-6-8-12/h12-13H,4-11,18H2,1-3H3. The van der Waals surface area contributed by atoms with Gasteiger partial charge in [0.05, 0.1) is 5.69 Å². The van der Waals surface area contributed by atoms with Crippen molar-refractivity contribution in [3.8, 4) is 0 Å². The van der Waals surface area contributed by atoms with Gasteiger partial charge in [-0.05, 0) is 37.0 Å². The summed E-state index contributed by atoms with van der Waals surface area (Å²) >= 11 is 1.83. The second-order valence-electron chi connectivity index (χ2n) is 7.84. The van der Waals surface area contributed by atoms with Crippen LogP contribution in [0.4, 0.5) is 5.13 Å². The smallest absolute Gasteiger partial charge is 0.185 e. The van der Waals surface area contributed by atoms with Gasteiger partial charge in [0.1, 0.15) is 0 Å². The highest BCUT2D eigenvalue weighted by molar-refractivity contribution is 7.15. The van der Waals surface area contributed by atoms with Crippen LogP contribution in [0.1, 0.15) is 69.0 Å². The van der Waals surface area contributed by atoms with Gasteiger partial charge in [-0.25, -0.2) is 4.98 Å². The number of rotatable bonds is 3. The van der Waals surface area contributed by atoms with Crippen molar-refractivity contribution in [1.29, 1.82) is 0 Å². The fourth-order valence-electron chi connectivity index (χ4n) is 3.98. The molecular weight excluding hydrogens is 278 g/mol. The van der Waals surface area contributed by atoms with Gasteiger partial charge in [0, 0.05) is 24.5 Å². The van der Waals surface area contributed by atoms with E-state index in [1.54, 1.807) is 0 Å². The van der Waals surface area contributed by atoms with E-state index in [0.29, 0.717) is 5.41 Å². The minimum atomic E-state index is 0.179. The molecule has 0 aromatic carbocycles. The van der Waals surface area contributed by atoms with Crippen LogP contribution in [0.15, 0.2) is 0 Å². The summed E-state index contributed by atoms with van der Waals surface area (Å²) in [6.45, 7) is 5.77. The predicted molar refractivity (Wildman–Crippen MR) is 91.0 cm³/mol. The van der Waals surface area contributed by atoms with Gasteiger partial charge in [0.25, 0.3) is 0 Å². The Hall–Kier alpha value is -0.610. The molecule has 0 aliphatic heterocycles. The molecule has 1 heterocycles. The maximum Gasteiger partial charge on any atom is 0.185 e. The maximum atomic E-state index is 6.37. The molecule has 0 saturated heterocycles. The van der Waals surface area contributed by atoms with Gasteiger partial charge in [-0.2, -0.15) is 0 Å². The molecule has 0 spiro atoms. The van der Waals surface area contributed by atoms with E-state index in [1.165, 1.54) is 47.8 Å². The maximum absolute atomic E-state index is 6.37. The van der Waals surface area contributed by atoms with Crippen molar-refractivity contribution >= 4 is 16.5 Å².